The molecule has 0 N–H and O–H groups in total. The molecule has 0 radical (unpaired) electrons. The van der Waals surface area contributed by atoms with Gasteiger partial charge in [0, 0.05) is 33.7 Å². The highest BCUT2D eigenvalue weighted by molar-refractivity contribution is 6.18. The Kier molecular flexibility index (Phi) is 4.80. The minimum atomic E-state index is -0.381. The Bertz CT molecular complexity index is 2680. The van der Waals surface area contributed by atoms with Gasteiger partial charge in [-0.15, -0.1) is 0 Å². The first kappa shape index (κ1) is 25.1. The van der Waals surface area contributed by atoms with Crippen LogP contribution in [0, 0.1) is 0 Å². The molecule has 0 atom stereocenters. The Labute approximate surface area is 272 Å². The van der Waals surface area contributed by atoms with E-state index >= 15 is 0 Å². The molecular formula is C45H28N2. The lowest BCUT2D eigenvalue weighted by atomic mass is 9.70. The largest absolute Gasteiger partial charge is 0.315 e. The highest BCUT2D eigenvalue weighted by Gasteiger charge is 2.51. The summed E-state index contributed by atoms with van der Waals surface area (Å²) in [5.74, 6) is 0. The molecule has 0 saturated carbocycles. The van der Waals surface area contributed by atoms with Gasteiger partial charge in [0.2, 0.25) is 0 Å². The Balaban J connectivity index is 1.28. The number of fused-ring (bicyclic) bond motifs is 15. The molecule has 2 aliphatic carbocycles. The van der Waals surface area contributed by atoms with Crippen LogP contribution >= 0.6 is 0 Å². The summed E-state index contributed by atoms with van der Waals surface area (Å²) in [5, 5.41) is 3.76. The molecular weight excluding hydrogens is 569 g/mol. The zero-order valence-electron chi connectivity index (χ0n) is 25.6. The van der Waals surface area contributed by atoms with Crippen LogP contribution in [0.2, 0.25) is 0 Å². The van der Waals surface area contributed by atoms with Gasteiger partial charge in [-0.2, -0.15) is 0 Å². The maximum Gasteiger partial charge on any atom is 0.0788 e. The summed E-state index contributed by atoms with van der Waals surface area (Å²) in [6, 6.07) is 60.7. The quantitative estimate of drug-likeness (QED) is 0.188. The second-order valence-electron chi connectivity index (χ2n) is 12.9. The van der Waals surface area contributed by atoms with Crippen molar-refractivity contribution in [3.63, 3.8) is 0 Å². The number of aromatic nitrogens is 2. The minimum absolute atomic E-state index is 0.381. The van der Waals surface area contributed by atoms with Crippen LogP contribution in [-0.2, 0) is 5.41 Å². The molecule has 2 heterocycles. The molecule has 218 valence electrons. The van der Waals surface area contributed by atoms with E-state index in [1.54, 1.807) is 0 Å². The molecule has 11 rings (SSSR count). The average Bonchev–Trinajstić information content (AvgIpc) is 3.87. The van der Waals surface area contributed by atoms with Crippen LogP contribution in [0.5, 0.6) is 0 Å². The van der Waals surface area contributed by atoms with Crippen LogP contribution in [0.1, 0.15) is 22.3 Å². The molecule has 2 aliphatic rings. The second-order valence-corrected chi connectivity index (χ2v) is 12.9. The van der Waals surface area contributed by atoms with E-state index < -0.39 is 0 Å². The smallest absolute Gasteiger partial charge is 0.0788 e. The highest BCUT2D eigenvalue weighted by atomic mass is 15.0. The van der Waals surface area contributed by atoms with Gasteiger partial charge in [-0.1, -0.05) is 127 Å². The van der Waals surface area contributed by atoms with Crippen molar-refractivity contribution in [2.45, 2.75) is 5.41 Å². The van der Waals surface area contributed by atoms with Crippen molar-refractivity contribution >= 4 is 32.7 Å². The summed E-state index contributed by atoms with van der Waals surface area (Å²) >= 11 is 0. The molecule has 2 heteroatoms. The van der Waals surface area contributed by atoms with Crippen molar-refractivity contribution in [2.75, 3.05) is 0 Å². The van der Waals surface area contributed by atoms with Crippen molar-refractivity contribution in [3.05, 3.63) is 192 Å². The lowest BCUT2D eigenvalue weighted by Crippen LogP contribution is -2.26. The van der Waals surface area contributed by atoms with E-state index in [4.69, 9.17) is 0 Å². The van der Waals surface area contributed by atoms with E-state index in [-0.39, 0.29) is 5.41 Å². The Hall–Kier alpha value is -6.12. The highest BCUT2D eigenvalue weighted by Crippen LogP contribution is 2.63. The molecule has 0 saturated heterocycles. The number of rotatable bonds is 2. The van der Waals surface area contributed by atoms with Crippen LogP contribution in [0.15, 0.2) is 170 Å². The maximum absolute atomic E-state index is 2.51. The van der Waals surface area contributed by atoms with E-state index in [9.17, 15) is 0 Å². The van der Waals surface area contributed by atoms with Gasteiger partial charge >= 0.3 is 0 Å². The van der Waals surface area contributed by atoms with Gasteiger partial charge in [-0.25, -0.2) is 0 Å². The number of hydrogen-bond acceptors (Lipinski definition) is 0. The number of benzene rings is 7. The maximum atomic E-state index is 2.51. The first-order valence-corrected chi connectivity index (χ1v) is 16.4. The van der Waals surface area contributed by atoms with Crippen molar-refractivity contribution in [2.24, 2.45) is 0 Å². The Morgan fingerprint density at radius 1 is 0.383 bits per heavy atom. The van der Waals surface area contributed by atoms with Crippen molar-refractivity contribution in [3.8, 4) is 33.6 Å². The van der Waals surface area contributed by atoms with Gasteiger partial charge in [0.15, 0.2) is 0 Å². The molecule has 9 aromatic rings. The number of para-hydroxylation sites is 2. The molecule has 0 amide bonds. The van der Waals surface area contributed by atoms with Gasteiger partial charge in [-0.3, -0.25) is 0 Å². The van der Waals surface area contributed by atoms with Gasteiger partial charge in [0.1, 0.15) is 0 Å². The summed E-state index contributed by atoms with van der Waals surface area (Å²) < 4.78 is 4.86. The predicted molar refractivity (Wildman–Crippen MR) is 194 cm³/mol. The van der Waals surface area contributed by atoms with E-state index in [1.165, 1.54) is 82.9 Å². The van der Waals surface area contributed by atoms with E-state index in [0.29, 0.717) is 0 Å². The fraction of sp³-hybridized carbons (Fsp3) is 0.0222. The van der Waals surface area contributed by atoms with Crippen LogP contribution in [0.3, 0.4) is 0 Å². The summed E-state index contributed by atoms with van der Waals surface area (Å²) in [6.45, 7) is 0. The van der Waals surface area contributed by atoms with E-state index in [1.807, 2.05) is 0 Å². The van der Waals surface area contributed by atoms with E-state index in [2.05, 4.69) is 179 Å². The molecule has 47 heavy (non-hydrogen) atoms. The number of hydrogen-bond donors (Lipinski definition) is 0. The van der Waals surface area contributed by atoms with Crippen LogP contribution in [0.4, 0.5) is 0 Å². The second kappa shape index (κ2) is 8.99. The third-order valence-corrected chi connectivity index (χ3v) is 10.8. The SMILES string of the molecule is c1ccc(-n2ccc3ccc4c5ccccc5n(-c5ccc6c(c5)C5(c7ccccc7-c7ccccc75)c5ccccc5-6)c4c32)cc1. The van der Waals surface area contributed by atoms with Crippen LogP contribution in [0.25, 0.3) is 66.3 Å². The summed E-state index contributed by atoms with van der Waals surface area (Å²) in [5.41, 5.74) is 16.4. The monoisotopic (exact) mass is 596 g/mol. The molecule has 2 aromatic heterocycles. The van der Waals surface area contributed by atoms with Crippen molar-refractivity contribution < 1.29 is 0 Å². The zero-order chi connectivity index (χ0) is 30.7. The fourth-order valence-electron chi connectivity index (χ4n) is 8.97. The molecule has 0 fully saturated rings. The molecule has 7 aromatic carbocycles. The summed E-state index contributed by atoms with van der Waals surface area (Å²) in [4.78, 5) is 0. The average molecular weight is 597 g/mol. The topological polar surface area (TPSA) is 9.86 Å². The fourth-order valence-corrected chi connectivity index (χ4v) is 8.97. The lowest BCUT2D eigenvalue weighted by Gasteiger charge is -2.30. The predicted octanol–water partition coefficient (Wildman–Crippen LogP) is 11.1. The first-order chi connectivity index (χ1) is 23.3. The number of nitrogens with zero attached hydrogens (tertiary/aromatic N) is 2. The molecule has 1 spiro atoms. The van der Waals surface area contributed by atoms with Gasteiger partial charge < -0.3 is 9.13 Å². The van der Waals surface area contributed by atoms with Crippen molar-refractivity contribution in [1.29, 1.82) is 0 Å². The van der Waals surface area contributed by atoms with Gasteiger partial charge in [-0.05, 0) is 80.9 Å². The summed E-state index contributed by atoms with van der Waals surface area (Å²) in [7, 11) is 0. The van der Waals surface area contributed by atoms with Crippen LogP contribution in [-0.4, -0.2) is 9.13 Å². The van der Waals surface area contributed by atoms with Gasteiger partial charge in [0.25, 0.3) is 0 Å². The molecule has 2 nitrogen and oxygen atoms in total. The van der Waals surface area contributed by atoms with E-state index in [0.717, 1.165) is 5.69 Å². The Morgan fingerprint density at radius 3 is 1.68 bits per heavy atom. The van der Waals surface area contributed by atoms with Gasteiger partial charge in [0.05, 0.1) is 22.0 Å². The molecule has 0 unspecified atom stereocenters. The first-order valence-electron chi connectivity index (χ1n) is 16.4. The standard InChI is InChI=1S/C45H28N2/c1-2-12-30(13-3-1)46-27-26-29-22-24-37-36-17-7-11-21-42(36)47(44(37)43(29)46)31-23-25-35-34-16-6-10-20-40(34)45(41(35)28-31)38-18-8-4-14-32(38)33-15-5-9-19-39(33)45/h1-28H. The molecule has 0 bridgehead atoms. The molecule has 0 aliphatic heterocycles. The van der Waals surface area contributed by atoms with Crippen LogP contribution < -0.4 is 0 Å². The lowest BCUT2D eigenvalue weighted by molar-refractivity contribution is 0.792. The zero-order valence-corrected chi connectivity index (χ0v) is 25.6. The minimum Gasteiger partial charge on any atom is -0.315 e. The third-order valence-electron chi connectivity index (χ3n) is 10.8. The van der Waals surface area contributed by atoms with Crippen molar-refractivity contribution in [1.82, 2.24) is 9.13 Å². The summed E-state index contributed by atoms with van der Waals surface area (Å²) in [6.07, 6.45) is 2.21. The third kappa shape index (κ3) is 3.05. The normalized spacial score (nSPS) is 13.7. The Morgan fingerprint density at radius 2 is 0.979 bits per heavy atom.